The van der Waals surface area contributed by atoms with Gasteiger partial charge in [0.05, 0.1) is 6.61 Å². The van der Waals surface area contributed by atoms with Crippen molar-refractivity contribution in [3.8, 4) is 5.75 Å². The first-order chi connectivity index (χ1) is 11.3. The highest BCUT2D eigenvalue weighted by molar-refractivity contribution is 5.94. The minimum atomic E-state index is -0.130. The number of para-hydroxylation sites is 1. The highest BCUT2D eigenvalue weighted by Crippen LogP contribution is 2.26. The van der Waals surface area contributed by atoms with E-state index < -0.39 is 0 Å². The normalized spacial score (nSPS) is 16.6. The maximum Gasteiger partial charge on any atom is 0.251 e. The molecule has 23 heavy (non-hydrogen) atoms. The third kappa shape index (κ3) is 2.73. The number of amides is 1. The molecule has 3 aromatic rings. The quantitative estimate of drug-likeness (QED) is 0.783. The average molecular weight is 309 g/mol. The first-order valence-electron chi connectivity index (χ1n) is 7.46. The Balaban J connectivity index is 1.40. The molecule has 3 heterocycles. The van der Waals surface area contributed by atoms with Gasteiger partial charge in [-0.15, -0.1) is 5.10 Å². The van der Waals surface area contributed by atoms with Crippen LogP contribution in [0, 0.1) is 5.92 Å². The summed E-state index contributed by atoms with van der Waals surface area (Å²) in [6.45, 7) is 1.19. The topological polar surface area (TPSA) is 81.4 Å². The maximum absolute atomic E-state index is 12.3. The van der Waals surface area contributed by atoms with Gasteiger partial charge in [-0.05, 0) is 40.6 Å². The molecule has 0 bridgehead atoms. The third-order valence-electron chi connectivity index (χ3n) is 3.97. The van der Waals surface area contributed by atoms with Crippen molar-refractivity contribution in [2.45, 2.75) is 6.42 Å². The Morgan fingerprint density at radius 2 is 2.26 bits per heavy atom. The zero-order valence-electron chi connectivity index (χ0n) is 12.3. The molecule has 1 aromatic carbocycles. The van der Waals surface area contributed by atoms with E-state index in [1.165, 1.54) is 10.1 Å². The number of nitrogens with zero attached hydrogens (tertiary/aromatic N) is 4. The molecule has 116 valence electrons. The lowest BCUT2D eigenvalue weighted by atomic mass is 9.96. The molecule has 4 rings (SSSR count). The van der Waals surface area contributed by atoms with E-state index in [0.29, 0.717) is 24.4 Å². The number of rotatable bonds is 3. The van der Waals surface area contributed by atoms with Crippen molar-refractivity contribution < 1.29 is 9.53 Å². The second kappa shape index (κ2) is 5.68. The Morgan fingerprint density at radius 1 is 1.35 bits per heavy atom. The van der Waals surface area contributed by atoms with Crippen LogP contribution < -0.4 is 10.1 Å². The van der Waals surface area contributed by atoms with Gasteiger partial charge in [0.1, 0.15) is 5.75 Å². The number of carbonyl (C=O) groups is 1. The minimum Gasteiger partial charge on any atom is -0.493 e. The molecule has 1 N–H and O–H groups in total. The fourth-order valence-electron chi connectivity index (χ4n) is 2.74. The van der Waals surface area contributed by atoms with Crippen molar-refractivity contribution >= 4 is 11.6 Å². The van der Waals surface area contributed by atoms with Gasteiger partial charge in [-0.2, -0.15) is 0 Å². The largest absolute Gasteiger partial charge is 0.493 e. The highest BCUT2D eigenvalue weighted by atomic mass is 16.5. The Kier molecular flexibility index (Phi) is 3.38. The lowest BCUT2D eigenvalue weighted by Crippen LogP contribution is -2.34. The van der Waals surface area contributed by atoms with Gasteiger partial charge in [0, 0.05) is 24.2 Å². The number of pyridine rings is 1. The molecular formula is C16H15N5O2. The van der Waals surface area contributed by atoms with Gasteiger partial charge in [0.25, 0.3) is 5.91 Å². The smallest absolute Gasteiger partial charge is 0.251 e. The molecule has 0 saturated carbocycles. The van der Waals surface area contributed by atoms with Gasteiger partial charge in [0.15, 0.2) is 5.65 Å². The van der Waals surface area contributed by atoms with Crippen LogP contribution in [0.4, 0.5) is 0 Å². The monoisotopic (exact) mass is 309 g/mol. The first kappa shape index (κ1) is 13.7. The zero-order valence-corrected chi connectivity index (χ0v) is 12.3. The number of ether oxygens (including phenoxy) is 1. The summed E-state index contributed by atoms with van der Waals surface area (Å²) in [5, 5.41) is 14.1. The molecule has 1 atom stereocenters. The zero-order chi connectivity index (χ0) is 15.6. The second-order valence-electron chi connectivity index (χ2n) is 5.60. The number of hydrogen-bond acceptors (Lipinski definition) is 5. The van der Waals surface area contributed by atoms with Crippen molar-refractivity contribution in [2.75, 3.05) is 13.2 Å². The number of aromatic nitrogens is 4. The van der Waals surface area contributed by atoms with Gasteiger partial charge in [-0.25, -0.2) is 4.52 Å². The molecule has 0 spiro atoms. The number of hydrogen-bond donors (Lipinski definition) is 1. The SMILES string of the molecule is O=C(NC[C@@H]1COc2ccccc2C1)c1ccn2nnnc2c1. The summed E-state index contributed by atoms with van der Waals surface area (Å²) in [4.78, 5) is 12.3. The predicted octanol–water partition coefficient (Wildman–Crippen LogP) is 1.11. The van der Waals surface area contributed by atoms with E-state index >= 15 is 0 Å². The van der Waals surface area contributed by atoms with E-state index in [-0.39, 0.29) is 11.8 Å². The Hall–Kier alpha value is -2.96. The molecule has 0 radical (unpaired) electrons. The van der Waals surface area contributed by atoms with Gasteiger partial charge in [0.2, 0.25) is 0 Å². The Labute approximate surface area is 132 Å². The van der Waals surface area contributed by atoms with E-state index in [9.17, 15) is 4.79 Å². The van der Waals surface area contributed by atoms with Gasteiger partial charge < -0.3 is 10.1 Å². The van der Waals surface area contributed by atoms with Gasteiger partial charge >= 0.3 is 0 Å². The lowest BCUT2D eigenvalue weighted by molar-refractivity contribution is 0.0939. The highest BCUT2D eigenvalue weighted by Gasteiger charge is 2.20. The molecular weight excluding hydrogens is 294 g/mol. The van der Waals surface area contributed by atoms with Crippen molar-refractivity contribution in [2.24, 2.45) is 5.92 Å². The number of carbonyl (C=O) groups excluding carboxylic acids is 1. The van der Waals surface area contributed by atoms with Crippen molar-refractivity contribution in [1.82, 2.24) is 25.4 Å². The summed E-state index contributed by atoms with van der Waals surface area (Å²) in [5.41, 5.74) is 2.28. The predicted molar refractivity (Wildman–Crippen MR) is 82.2 cm³/mol. The van der Waals surface area contributed by atoms with Crippen LogP contribution in [-0.4, -0.2) is 39.1 Å². The fraction of sp³-hybridized carbons (Fsp3) is 0.250. The molecule has 1 amide bonds. The Morgan fingerprint density at radius 3 is 3.22 bits per heavy atom. The lowest BCUT2D eigenvalue weighted by Gasteiger charge is -2.25. The Bertz CT molecular complexity index is 860. The van der Waals surface area contributed by atoms with Crippen LogP contribution in [0.25, 0.3) is 5.65 Å². The molecule has 0 saturated heterocycles. The number of tetrazole rings is 1. The second-order valence-corrected chi connectivity index (χ2v) is 5.60. The van der Waals surface area contributed by atoms with Crippen LogP contribution in [0.2, 0.25) is 0 Å². The molecule has 1 aliphatic heterocycles. The van der Waals surface area contributed by atoms with Crippen LogP contribution >= 0.6 is 0 Å². The third-order valence-corrected chi connectivity index (χ3v) is 3.97. The van der Waals surface area contributed by atoms with E-state index in [1.54, 1.807) is 18.3 Å². The van der Waals surface area contributed by atoms with Crippen molar-refractivity contribution in [3.63, 3.8) is 0 Å². The standard InChI is InChI=1S/C16H15N5O2/c22-16(13-5-6-21-15(8-13)18-19-20-21)17-9-11-7-12-3-1-2-4-14(12)23-10-11/h1-6,8,11H,7,9-10H2,(H,17,22)/t11-/m1/s1. The van der Waals surface area contributed by atoms with Crippen LogP contribution in [0.3, 0.4) is 0 Å². The van der Waals surface area contributed by atoms with E-state index in [0.717, 1.165) is 12.2 Å². The number of nitrogens with one attached hydrogen (secondary N) is 1. The van der Waals surface area contributed by atoms with Crippen molar-refractivity contribution in [1.29, 1.82) is 0 Å². The van der Waals surface area contributed by atoms with Crippen LogP contribution in [0.1, 0.15) is 15.9 Å². The van der Waals surface area contributed by atoms with Gasteiger partial charge in [-0.3, -0.25) is 4.79 Å². The minimum absolute atomic E-state index is 0.130. The van der Waals surface area contributed by atoms with E-state index in [1.807, 2.05) is 18.2 Å². The van der Waals surface area contributed by atoms with Crippen LogP contribution in [0.5, 0.6) is 5.75 Å². The van der Waals surface area contributed by atoms with E-state index in [2.05, 4.69) is 26.9 Å². The summed E-state index contributed by atoms with van der Waals surface area (Å²) >= 11 is 0. The number of fused-ring (bicyclic) bond motifs is 2. The molecule has 2 aromatic heterocycles. The molecule has 7 heteroatoms. The van der Waals surface area contributed by atoms with E-state index in [4.69, 9.17) is 4.74 Å². The maximum atomic E-state index is 12.3. The molecule has 7 nitrogen and oxygen atoms in total. The fourth-order valence-corrected chi connectivity index (χ4v) is 2.74. The molecule has 0 fully saturated rings. The summed E-state index contributed by atoms with van der Waals surface area (Å²) in [7, 11) is 0. The van der Waals surface area contributed by atoms with Gasteiger partial charge in [-0.1, -0.05) is 18.2 Å². The van der Waals surface area contributed by atoms with Crippen LogP contribution in [0.15, 0.2) is 42.6 Å². The number of benzene rings is 1. The molecule has 0 aliphatic carbocycles. The van der Waals surface area contributed by atoms with Crippen LogP contribution in [-0.2, 0) is 6.42 Å². The summed E-state index contributed by atoms with van der Waals surface area (Å²) in [5.74, 6) is 1.08. The summed E-state index contributed by atoms with van der Waals surface area (Å²) in [6.07, 6.45) is 2.58. The molecule has 0 unspecified atom stereocenters. The average Bonchev–Trinajstić information content (AvgIpc) is 3.07. The summed E-state index contributed by atoms with van der Waals surface area (Å²) in [6, 6.07) is 11.4. The summed E-state index contributed by atoms with van der Waals surface area (Å²) < 4.78 is 7.26. The van der Waals surface area contributed by atoms with Crippen molar-refractivity contribution in [3.05, 3.63) is 53.7 Å². The first-order valence-corrected chi connectivity index (χ1v) is 7.46. The molecule has 1 aliphatic rings.